The smallest absolute Gasteiger partial charge is 0.302 e. The number of imidazole rings is 1. The first-order chi connectivity index (χ1) is 14.2. The molecule has 0 spiro atoms. The van der Waals surface area contributed by atoms with Crippen LogP contribution in [0, 0.1) is 39.9 Å². The van der Waals surface area contributed by atoms with Crippen LogP contribution in [0.1, 0.15) is 22.5 Å². The van der Waals surface area contributed by atoms with E-state index in [1.165, 1.54) is 19.1 Å². The van der Waals surface area contributed by atoms with Crippen LogP contribution in [-0.4, -0.2) is 24.5 Å². The van der Waals surface area contributed by atoms with E-state index in [1.807, 2.05) is 0 Å². The molecule has 0 saturated heterocycles. The third-order valence-corrected chi connectivity index (χ3v) is 4.76. The quantitative estimate of drug-likeness (QED) is 0.445. The SMILES string of the molecule is Cc1c(CO)cc([N+](=O)[O-])c(NCc2ccc(-n3ccnc3C)c(F)c2)c1[N+](=O)[O-]. The van der Waals surface area contributed by atoms with Crippen molar-refractivity contribution in [3.8, 4) is 5.69 Å². The van der Waals surface area contributed by atoms with Crippen LogP contribution < -0.4 is 5.32 Å². The maximum atomic E-state index is 14.6. The number of anilines is 1. The largest absolute Gasteiger partial charge is 0.392 e. The van der Waals surface area contributed by atoms with Gasteiger partial charge in [-0.25, -0.2) is 9.37 Å². The van der Waals surface area contributed by atoms with Crippen LogP contribution in [0.3, 0.4) is 0 Å². The van der Waals surface area contributed by atoms with Crippen LogP contribution >= 0.6 is 0 Å². The summed E-state index contributed by atoms with van der Waals surface area (Å²) in [5, 5.41) is 35.1. The number of halogens is 1. The number of aromatic nitrogens is 2. The highest BCUT2D eigenvalue weighted by atomic mass is 19.1. The Morgan fingerprint density at radius 2 is 1.93 bits per heavy atom. The summed E-state index contributed by atoms with van der Waals surface area (Å²) in [5.41, 5.74) is -0.412. The highest BCUT2D eigenvalue weighted by molar-refractivity contribution is 5.77. The number of benzene rings is 2. The first-order valence-corrected chi connectivity index (χ1v) is 8.83. The minimum Gasteiger partial charge on any atom is -0.392 e. The van der Waals surface area contributed by atoms with E-state index in [0.717, 1.165) is 6.07 Å². The lowest BCUT2D eigenvalue weighted by Gasteiger charge is -2.13. The fraction of sp³-hybridized carbons (Fsp3) is 0.211. The van der Waals surface area contributed by atoms with Crippen molar-refractivity contribution in [2.24, 2.45) is 0 Å². The summed E-state index contributed by atoms with van der Waals surface area (Å²) < 4.78 is 16.1. The molecule has 0 aliphatic carbocycles. The van der Waals surface area contributed by atoms with E-state index < -0.39 is 33.6 Å². The molecule has 2 N–H and O–H groups in total. The third-order valence-electron chi connectivity index (χ3n) is 4.76. The Morgan fingerprint density at radius 3 is 2.47 bits per heavy atom. The molecule has 0 bridgehead atoms. The third kappa shape index (κ3) is 3.82. The van der Waals surface area contributed by atoms with Gasteiger partial charge in [0.2, 0.25) is 0 Å². The van der Waals surface area contributed by atoms with Crippen molar-refractivity contribution >= 4 is 17.1 Å². The molecule has 3 aromatic rings. The van der Waals surface area contributed by atoms with Gasteiger partial charge in [-0.3, -0.25) is 20.2 Å². The monoisotopic (exact) mass is 415 g/mol. The number of hydrogen-bond acceptors (Lipinski definition) is 7. The molecule has 0 unspecified atom stereocenters. The van der Waals surface area contributed by atoms with E-state index in [0.29, 0.717) is 11.4 Å². The van der Waals surface area contributed by atoms with E-state index in [9.17, 15) is 29.7 Å². The Balaban J connectivity index is 1.96. The first kappa shape index (κ1) is 20.9. The molecule has 2 aromatic carbocycles. The van der Waals surface area contributed by atoms with Crippen molar-refractivity contribution in [3.05, 3.63) is 85.2 Å². The highest BCUT2D eigenvalue weighted by Gasteiger charge is 2.30. The molecule has 0 atom stereocenters. The lowest BCUT2D eigenvalue weighted by molar-refractivity contribution is -0.392. The van der Waals surface area contributed by atoms with Crippen LogP contribution in [0.25, 0.3) is 5.69 Å². The summed E-state index contributed by atoms with van der Waals surface area (Å²) in [7, 11) is 0. The fourth-order valence-corrected chi connectivity index (χ4v) is 3.20. The number of aryl methyl sites for hydroxylation is 1. The number of nitro benzene ring substituents is 2. The second-order valence-electron chi connectivity index (χ2n) is 6.56. The van der Waals surface area contributed by atoms with E-state index in [2.05, 4.69) is 10.3 Å². The van der Waals surface area contributed by atoms with Crippen LogP contribution in [0.5, 0.6) is 0 Å². The van der Waals surface area contributed by atoms with Crippen molar-refractivity contribution in [1.29, 1.82) is 0 Å². The summed E-state index contributed by atoms with van der Waals surface area (Å²) in [4.78, 5) is 25.5. The molecule has 1 heterocycles. The number of aliphatic hydroxyl groups excluding tert-OH is 1. The van der Waals surface area contributed by atoms with Crippen molar-refractivity contribution in [2.75, 3.05) is 5.32 Å². The molecule has 0 aliphatic heterocycles. The summed E-state index contributed by atoms with van der Waals surface area (Å²) in [6, 6.07) is 5.48. The molecule has 0 aliphatic rings. The molecule has 1 aromatic heterocycles. The van der Waals surface area contributed by atoms with Gasteiger partial charge in [-0.2, -0.15) is 0 Å². The Bertz CT molecular complexity index is 1140. The topological polar surface area (TPSA) is 136 Å². The van der Waals surface area contributed by atoms with Crippen LogP contribution in [-0.2, 0) is 13.2 Å². The van der Waals surface area contributed by atoms with Crippen LogP contribution in [0.2, 0.25) is 0 Å². The van der Waals surface area contributed by atoms with Crippen molar-refractivity contribution in [1.82, 2.24) is 9.55 Å². The Kier molecular flexibility index (Phi) is 5.74. The number of nitrogens with zero attached hydrogens (tertiary/aromatic N) is 4. The van der Waals surface area contributed by atoms with Crippen molar-refractivity contribution < 1.29 is 19.3 Å². The van der Waals surface area contributed by atoms with E-state index >= 15 is 0 Å². The Labute approximate surface area is 169 Å². The molecule has 0 fully saturated rings. The van der Waals surface area contributed by atoms with Gasteiger partial charge in [-0.05, 0) is 37.1 Å². The average molecular weight is 415 g/mol. The average Bonchev–Trinajstić information content (AvgIpc) is 3.11. The second kappa shape index (κ2) is 8.25. The van der Waals surface area contributed by atoms with Crippen LogP contribution in [0.15, 0.2) is 36.7 Å². The maximum absolute atomic E-state index is 14.6. The van der Waals surface area contributed by atoms with E-state index in [-0.39, 0.29) is 29.0 Å². The van der Waals surface area contributed by atoms with Gasteiger partial charge < -0.3 is 15.0 Å². The molecular weight excluding hydrogens is 397 g/mol. The van der Waals surface area contributed by atoms with Gasteiger partial charge in [-0.1, -0.05) is 6.07 Å². The summed E-state index contributed by atoms with van der Waals surface area (Å²) in [5.74, 6) is 0.0664. The molecule has 156 valence electrons. The molecular formula is C19H18FN5O5. The predicted octanol–water partition coefficient (Wildman–Crippen LogP) is 3.55. The zero-order valence-corrected chi connectivity index (χ0v) is 16.1. The maximum Gasteiger partial charge on any atom is 0.302 e. The standard InChI is InChI=1S/C19H18FN5O5/c1-11-14(10-26)8-17(24(27)28)18(19(11)25(29)30)22-9-13-3-4-16(15(20)7-13)23-6-5-21-12(23)2/h3-8,22,26H,9-10H2,1-2H3. The summed E-state index contributed by atoms with van der Waals surface area (Å²) in [6.45, 7) is 2.47. The van der Waals surface area contributed by atoms with Gasteiger partial charge in [-0.15, -0.1) is 0 Å². The zero-order chi connectivity index (χ0) is 22.0. The Hall–Kier alpha value is -3.86. The normalized spacial score (nSPS) is 10.8. The van der Waals surface area contributed by atoms with Gasteiger partial charge in [0.15, 0.2) is 5.69 Å². The minimum absolute atomic E-state index is 0.0836. The van der Waals surface area contributed by atoms with Crippen LogP contribution in [0.4, 0.5) is 21.5 Å². The zero-order valence-electron chi connectivity index (χ0n) is 16.1. The number of nitrogens with one attached hydrogen (secondary N) is 1. The number of hydrogen-bond donors (Lipinski definition) is 2. The molecule has 0 saturated carbocycles. The van der Waals surface area contributed by atoms with Crippen molar-refractivity contribution in [2.45, 2.75) is 27.0 Å². The van der Waals surface area contributed by atoms with Gasteiger partial charge in [0.05, 0.1) is 22.1 Å². The van der Waals surface area contributed by atoms with Crippen molar-refractivity contribution in [3.63, 3.8) is 0 Å². The fourth-order valence-electron chi connectivity index (χ4n) is 3.20. The molecule has 10 nitrogen and oxygen atoms in total. The van der Waals surface area contributed by atoms with Gasteiger partial charge in [0.25, 0.3) is 5.69 Å². The molecule has 0 radical (unpaired) electrons. The van der Waals surface area contributed by atoms with E-state index in [4.69, 9.17) is 0 Å². The van der Waals surface area contributed by atoms with Gasteiger partial charge in [0, 0.05) is 30.6 Å². The second-order valence-corrected chi connectivity index (χ2v) is 6.56. The predicted molar refractivity (Wildman–Crippen MR) is 106 cm³/mol. The Morgan fingerprint density at radius 1 is 1.20 bits per heavy atom. The minimum atomic E-state index is -0.764. The number of aliphatic hydroxyl groups is 1. The molecule has 3 rings (SSSR count). The van der Waals surface area contributed by atoms with E-state index in [1.54, 1.807) is 30.0 Å². The highest BCUT2D eigenvalue weighted by Crippen LogP contribution is 2.39. The lowest BCUT2D eigenvalue weighted by Crippen LogP contribution is -2.09. The molecule has 0 amide bonds. The molecule has 30 heavy (non-hydrogen) atoms. The number of rotatable bonds is 7. The molecule has 11 heteroatoms. The van der Waals surface area contributed by atoms with Gasteiger partial charge >= 0.3 is 5.69 Å². The summed E-state index contributed by atoms with van der Waals surface area (Å²) in [6.07, 6.45) is 3.16. The number of nitro groups is 2. The lowest BCUT2D eigenvalue weighted by atomic mass is 10.0. The summed E-state index contributed by atoms with van der Waals surface area (Å²) >= 11 is 0. The first-order valence-electron chi connectivity index (χ1n) is 8.83. The van der Waals surface area contributed by atoms with Gasteiger partial charge in [0.1, 0.15) is 11.6 Å².